The number of aliphatic hydroxyl groups is 1. The summed E-state index contributed by atoms with van der Waals surface area (Å²) in [5.74, 6) is 1.10. The fraction of sp³-hybridized carbons (Fsp3) is 0.600. The van der Waals surface area contributed by atoms with Crippen LogP contribution in [0.4, 0.5) is 0 Å². The van der Waals surface area contributed by atoms with Gasteiger partial charge in [0.15, 0.2) is 0 Å². The predicted molar refractivity (Wildman–Crippen MR) is 104 cm³/mol. The first-order chi connectivity index (χ1) is 12.6. The molecule has 1 amide bonds. The van der Waals surface area contributed by atoms with E-state index in [4.69, 9.17) is 5.11 Å². The molecule has 2 rings (SSSR count). The number of benzene rings is 1. The third kappa shape index (κ3) is 7.00. The summed E-state index contributed by atoms with van der Waals surface area (Å²) in [5.41, 5.74) is 0.926. The fourth-order valence-electron chi connectivity index (χ4n) is 3.38. The van der Waals surface area contributed by atoms with E-state index in [1.54, 1.807) is 11.8 Å². The molecular weight excluding hydrogens is 350 g/mol. The molecule has 26 heavy (non-hydrogen) atoms. The number of thioether (sulfide) groups is 1. The van der Waals surface area contributed by atoms with Gasteiger partial charge in [0.2, 0.25) is 5.91 Å². The van der Waals surface area contributed by atoms with Crippen LogP contribution in [0.5, 0.6) is 0 Å². The van der Waals surface area contributed by atoms with Crippen LogP contribution in [0.15, 0.2) is 30.3 Å². The lowest BCUT2D eigenvalue weighted by Gasteiger charge is -2.36. The Hall–Kier alpha value is -1.53. The third-order valence-corrected chi connectivity index (χ3v) is 5.85. The van der Waals surface area contributed by atoms with Gasteiger partial charge in [0, 0.05) is 31.2 Å². The van der Waals surface area contributed by atoms with Crippen LogP contribution in [0, 0.1) is 0 Å². The summed E-state index contributed by atoms with van der Waals surface area (Å²) in [6.45, 7) is 0.711. The van der Waals surface area contributed by atoms with E-state index >= 15 is 0 Å². The van der Waals surface area contributed by atoms with Crippen LogP contribution in [0.25, 0.3) is 0 Å². The number of hydrogen-bond donors (Lipinski definition) is 2. The number of piperidine rings is 1. The van der Waals surface area contributed by atoms with Crippen molar-refractivity contribution in [3.05, 3.63) is 35.9 Å². The summed E-state index contributed by atoms with van der Waals surface area (Å²) in [6, 6.07) is 9.86. The molecule has 0 spiro atoms. The van der Waals surface area contributed by atoms with Crippen molar-refractivity contribution in [2.75, 3.05) is 18.1 Å². The van der Waals surface area contributed by atoms with Crippen LogP contribution in [0.3, 0.4) is 0 Å². The van der Waals surface area contributed by atoms with Gasteiger partial charge < -0.3 is 15.1 Å². The van der Waals surface area contributed by atoms with Crippen molar-refractivity contribution >= 4 is 23.6 Å². The third-order valence-electron chi connectivity index (χ3n) is 4.80. The zero-order chi connectivity index (χ0) is 18.8. The Balaban J connectivity index is 1.76. The number of likely N-dealkylation sites (tertiary alicyclic amines) is 1. The summed E-state index contributed by atoms with van der Waals surface area (Å²) in [4.78, 5) is 24.8. The summed E-state index contributed by atoms with van der Waals surface area (Å²) in [5, 5.41) is 19.0. The number of nitrogens with zero attached hydrogens (tertiary/aromatic N) is 1. The van der Waals surface area contributed by atoms with Crippen LogP contribution in [0.2, 0.25) is 0 Å². The number of rotatable bonds is 11. The average Bonchev–Trinajstić information content (AvgIpc) is 2.64. The monoisotopic (exact) mass is 379 g/mol. The van der Waals surface area contributed by atoms with Crippen molar-refractivity contribution in [2.24, 2.45) is 0 Å². The van der Waals surface area contributed by atoms with E-state index < -0.39 is 12.1 Å². The van der Waals surface area contributed by atoms with Crippen molar-refractivity contribution < 1.29 is 19.8 Å². The average molecular weight is 380 g/mol. The molecule has 0 aromatic heterocycles. The Morgan fingerprint density at radius 1 is 1.27 bits per heavy atom. The lowest BCUT2D eigenvalue weighted by molar-refractivity contribution is -0.137. The smallest absolute Gasteiger partial charge is 0.303 e. The van der Waals surface area contributed by atoms with Crippen molar-refractivity contribution in [3.8, 4) is 0 Å². The second-order valence-corrected chi connectivity index (χ2v) is 7.97. The van der Waals surface area contributed by atoms with Crippen LogP contribution in [-0.4, -0.2) is 51.1 Å². The normalized spacial score (nSPS) is 18.7. The topological polar surface area (TPSA) is 77.8 Å². The van der Waals surface area contributed by atoms with E-state index in [1.165, 1.54) is 0 Å². The zero-order valence-corrected chi connectivity index (χ0v) is 16.0. The minimum atomic E-state index is -0.756. The molecule has 2 atom stereocenters. The molecule has 144 valence electrons. The molecule has 0 aliphatic carbocycles. The Bertz CT molecular complexity index is 566. The molecular formula is C20H29NO4S. The highest BCUT2D eigenvalue weighted by molar-refractivity contribution is 7.99. The number of carbonyl (C=O) groups excluding carboxylic acids is 1. The first kappa shape index (κ1) is 20.8. The number of aliphatic carboxylic acids is 1. The molecule has 1 aromatic rings. The van der Waals surface area contributed by atoms with Gasteiger partial charge in [-0.2, -0.15) is 11.8 Å². The Labute approximate surface area is 159 Å². The van der Waals surface area contributed by atoms with Crippen molar-refractivity contribution in [1.29, 1.82) is 0 Å². The first-order valence-corrected chi connectivity index (χ1v) is 10.6. The summed E-state index contributed by atoms with van der Waals surface area (Å²) in [6.07, 6.45) is 4.39. The Kier molecular flexibility index (Phi) is 8.98. The standard InChI is InChI=1S/C20H29NO4S/c22-18(16-6-2-1-3-7-16)12-11-17-8-4-9-19(23)21(17)13-15-26-14-5-10-20(24)25/h1-3,6-7,17-18,22H,4-5,8-15H2,(H,24,25)/t17-,18?/m1/s1. The highest BCUT2D eigenvalue weighted by Gasteiger charge is 2.27. The predicted octanol–water partition coefficient (Wildman–Crippen LogP) is 3.48. The molecule has 0 bridgehead atoms. The minimum Gasteiger partial charge on any atom is -0.481 e. The van der Waals surface area contributed by atoms with Crippen LogP contribution in [-0.2, 0) is 9.59 Å². The Morgan fingerprint density at radius 2 is 2.04 bits per heavy atom. The van der Waals surface area contributed by atoms with E-state index in [2.05, 4.69) is 0 Å². The van der Waals surface area contributed by atoms with Gasteiger partial charge in [-0.3, -0.25) is 9.59 Å². The quantitative estimate of drug-likeness (QED) is 0.576. The summed E-state index contributed by atoms with van der Waals surface area (Å²) >= 11 is 1.71. The van der Waals surface area contributed by atoms with Gasteiger partial charge in [0.05, 0.1) is 6.10 Å². The van der Waals surface area contributed by atoms with Crippen molar-refractivity contribution in [2.45, 2.75) is 57.1 Å². The maximum absolute atomic E-state index is 12.3. The van der Waals surface area contributed by atoms with Gasteiger partial charge in [-0.15, -0.1) is 0 Å². The Morgan fingerprint density at radius 3 is 2.77 bits per heavy atom. The number of carboxylic acid groups (broad SMARTS) is 1. The van der Waals surface area contributed by atoms with Crippen LogP contribution >= 0.6 is 11.8 Å². The molecule has 1 aliphatic heterocycles. The molecule has 1 aliphatic rings. The van der Waals surface area contributed by atoms with Crippen molar-refractivity contribution in [1.82, 2.24) is 4.90 Å². The summed E-state index contributed by atoms with van der Waals surface area (Å²) in [7, 11) is 0. The van der Waals surface area contributed by atoms with Crippen LogP contribution < -0.4 is 0 Å². The highest BCUT2D eigenvalue weighted by Crippen LogP contribution is 2.26. The second kappa shape index (κ2) is 11.2. The molecule has 1 unspecified atom stereocenters. The van der Waals surface area contributed by atoms with Gasteiger partial charge >= 0.3 is 5.97 Å². The lowest BCUT2D eigenvalue weighted by Crippen LogP contribution is -2.44. The number of amides is 1. The lowest BCUT2D eigenvalue weighted by atomic mass is 9.94. The van der Waals surface area contributed by atoms with E-state index in [0.717, 1.165) is 36.3 Å². The molecule has 1 aromatic carbocycles. The molecule has 1 fully saturated rings. The second-order valence-electron chi connectivity index (χ2n) is 6.75. The molecule has 0 radical (unpaired) electrons. The van der Waals surface area contributed by atoms with E-state index in [9.17, 15) is 14.7 Å². The van der Waals surface area contributed by atoms with E-state index in [1.807, 2.05) is 35.2 Å². The molecule has 1 saturated heterocycles. The van der Waals surface area contributed by atoms with Crippen molar-refractivity contribution in [3.63, 3.8) is 0 Å². The van der Waals surface area contributed by atoms with Gasteiger partial charge in [-0.1, -0.05) is 30.3 Å². The van der Waals surface area contributed by atoms with E-state index in [0.29, 0.717) is 25.8 Å². The molecule has 0 saturated carbocycles. The maximum Gasteiger partial charge on any atom is 0.303 e. The minimum absolute atomic E-state index is 0.203. The zero-order valence-electron chi connectivity index (χ0n) is 15.2. The van der Waals surface area contributed by atoms with Gasteiger partial charge in [0.25, 0.3) is 0 Å². The van der Waals surface area contributed by atoms with Gasteiger partial charge in [-0.25, -0.2) is 0 Å². The molecule has 1 heterocycles. The number of hydrogen-bond acceptors (Lipinski definition) is 4. The fourth-order valence-corrected chi connectivity index (χ4v) is 4.26. The van der Waals surface area contributed by atoms with Crippen LogP contribution in [0.1, 0.15) is 56.6 Å². The highest BCUT2D eigenvalue weighted by atomic mass is 32.2. The van der Waals surface area contributed by atoms with Gasteiger partial charge in [-0.05, 0) is 43.4 Å². The number of aliphatic hydroxyl groups excluding tert-OH is 1. The number of carbonyl (C=O) groups is 2. The largest absolute Gasteiger partial charge is 0.481 e. The van der Waals surface area contributed by atoms with Gasteiger partial charge in [0.1, 0.15) is 0 Å². The maximum atomic E-state index is 12.3. The first-order valence-electron chi connectivity index (χ1n) is 9.40. The number of carboxylic acids is 1. The SMILES string of the molecule is O=C(O)CCCSCCN1C(=O)CCC[C@@H]1CCC(O)c1ccccc1. The molecule has 5 nitrogen and oxygen atoms in total. The van der Waals surface area contributed by atoms with E-state index in [-0.39, 0.29) is 18.4 Å². The molecule has 2 N–H and O–H groups in total. The molecule has 6 heteroatoms. The summed E-state index contributed by atoms with van der Waals surface area (Å²) < 4.78 is 0.